The number of benzene rings is 4. The fraction of sp³-hybridized carbons (Fsp3) is 0.0741. The van der Waals surface area contributed by atoms with Gasteiger partial charge in [-0.3, -0.25) is 0 Å². The van der Waals surface area contributed by atoms with Crippen LogP contribution in [0.25, 0.3) is 32.9 Å². The first kappa shape index (κ1) is 20.3. The number of fused-ring (bicyclic) bond motifs is 3. The molecule has 1 aromatic heterocycles. The van der Waals surface area contributed by atoms with E-state index in [0.717, 1.165) is 32.2 Å². The molecule has 0 bridgehead atoms. The average molecular weight is 486 g/mol. The Bertz CT molecular complexity index is 1470. The highest BCUT2D eigenvalue weighted by Crippen LogP contribution is 2.41. The van der Waals surface area contributed by atoms with E-state index in [1.54, 1.807) is 12.1 Å². The molecule has 0 atom stereocenters. The summed E-state index contributed by atoms with van der Waals surface area (Å²) in [4.78, 5) is 12.6. The predicted octanol–water partition coefficient (Wildman–Crippen LogP) is 6.76. The fourth-order valence-electron chi connectivity index (χ4n) is 4.28. The maximum absolute atomic E-state index is 12.6. The SMILES string of the molecule is COC(=O)c1cccc2c1c1c(O)cc(-c3ccccc3)cc1n2Cc1ccccc1Br. The lowest BCUT2D eigenvalue weighted by Crippen LogP contribution is -2.03. The number of aromatic hydroxyl groups is 1. The van der Waals surface area contributed by atoms with E-state index in [1.807, 2.05) is 60.7 Å². The van der Waals surface area contributed by atoms with Gasteiger partial charge < -0.3 is 14.4 Å². The van der Waals surface area contributed by atoms with Gasteiger partial charge in [0.25, 0.3) is 0 Å². The molecule has 0 amide bonds. The number of esters is 1. The number of hydrogen-bond donors (Lipinski definition) is 1. The third-order valence-electron chi connectivity index (χ3n) is 5.77. The first-order chi connectivity index (χ1) is 15.6. The number of carbonyl (C=O) groups is 1. The molecule has 158 valence electrons. The Morgan fingerprint density at radius 3 is 2.38 bits per heavy atom. The second-order valence-corrected chi connectivity index (χ2v) is 8.48. The van der Waals surface area contributed by atoms with Crippen molar-refractivity contribution in [2.75, 3.05) is 7.11 Å². The topological polar surface area (TPSA) is 51.5 Å². The summed E-state index contributed by atoms with van der Waals surface area (Å²) in [6.45, 7) is 0.573. The maximum Gasteiger partial charge on any atom is 0.338 e. The molecule has 0 aliphatic heterocycles. The quantitative estimate of drug-likeness (QED) is 0.286. The van der Waals surface area contributed by atoms with Crippen LogP contribution < -0.4 is 0 Å². The van der Waals surface area contributed by atoms with Crippen LogP contribution in [0.5, 0.6) is 5.75 Å². The molecule has 5 heteroatoms. The van der Waals surface area contributed by atoms with Gasteiger partial charge in [0.05, 0.1) is 29.1 Å². The number of nitrogens with zero attached hydrogens (tertiary/aromatic N) is 1. The van der Waals surface area contributed by atoms with E-state index < -0.39 is 5.97 Å². The van der Waals surface area contributed by atoms with Gasteiger partial charge in [-0.05, 0) is 47.0 Å². The van der Waals surface area contributed by atoms with Gasteiger partial charge in [0.1, 0.15) is 5.75 Å². The largest absolute Gasteiger partial charge is 0.507 e. The van der Waals surface area contributed by atoms with E-state index in [-0.39, 0.29) is 5.75 Å². The van der Waals surface area contributed by atoms with Gasteiger partial charge >= 0.3 is 5.97 Å². The normalized spacial score (nSPS) is 11.2. The van der Waals surface area contributed by atoms with Crippen molar-refractivity contribution >= 4 is 43.7 Å². The highest BCUT2D eigenvalue weighted by molar-refractivity contribution is 9.10. The lowest BCUT2D eigenvalue weighted by molar-refractivity contribution is 0.0603. The molecule has 1 N–H and O–H groups in total. The number of phenolic OH excluding ortho intramolecular Hbond substituents is 1. The fourth-order valence-corrected chi connectivity index (χ4v) is 4.69. The van der Waals surface area contributed by atoms with Crippen LogP contribution in [0, 0.1) is 0 Å². The number of ether oxygens (including phenoxy) is 1. The number of carbonyl (C=O) groups excluding carboxylic acids is 1. The second kappa shape index (κ2) is 8.17. The van der Waals surface area contributed by atoms with Crippen molar-refractivity contribution in [3.63, 3.8) is 0 Å². The van der Waals surface area contributed by atoms with Crippen LogP contribution in [0.1, 0.15) is 15.9 Å². The molecule has 0 saturated carbocycles. The van der Waals surface area contributed by atoms with Gasteiger partial charge in [-0.25, -0.2) is 4.79 Å². The smallest absolute Gasteiger partial charge is 0.338 e. The monoisotopic (exact) mass is 485 g/mol. The minimum absolute atomic E-state index is 0.133. The molecule has 5 aromatic rings. The van der Waals surface area contributed by atoms with E-state index in [2.05, 4.69) is 32.6 Å². The van der Waals surface area contributed by atoms with Crippen LogP contribution >= 0.6 is 15.9 Å². The Kier molecular flexibility index (Phi) is 5.19. The Hall–Kier alpha value is -3.57. The molecule has 0 fully saturated rings. The molecule has 5 rings (SSSR count). The summed E-state index contributed by atoms with van der Waals surface area (Å²) < 4.78 is 8.18. The van der Waals surface area contributed by atoms with E-state index in [1.165, 1.54) is 7.11 Å². The van der Waals surface area contributed by atoms with Crippen LogP contribution in [0.3, 0.4) is 0 Å². The van der Waals surface area contributed by atoms with Gasteiger partial charge in [0.15, 0.2) is 0 Å². The minimum Gasteiger partial charge on any atom is -0.507 e. The molecule has 1 heterocycles. The van der Waals surface area contributed by atoms with Gasteiger partial charge in [0, 0.05) is 16.4 Å². The molecular formula is C27H20BrNO3. The molecule has 0 aliphatic rings. The van der Waals surface area contributed by atoms with Crippen molar-refractivity contribution in [1.29, 1.82) is 0 Å². The Balaban J connectivity index is 1.87. The maximum atomic E-state index is 12.6. The van der Waals surface area contributed by atoms with E-state index in [9.17, 15) is 9.90 Å². The minimum atomic E-state index is -0.429. The number of phenols is 1. The van der Waals surface area contributed by atoms with Crippen LogP contribution in [-0.4, -0.2) is 22.8 Å². The third kappa shape index (κ3) is 3.35. The molecule has 0 unspecified atom stereocenters. The molecule has 0 saturated heterocycles. The summed E-state index contributed by atoms with van der Waals surface area (Å²) in [5.41, 5.74) is 5.16. The van der Waals surface area contributed by atoms with Gasteiger partial charge in [-0.2, -0.15) is 0 Å². The summed E-state index contributed by atoms with van der Waals surface area (Å²) >= 11 is 3.65. The van der Waals surface area contributed by atoms with Gasteiger partial charge in [0.2, 0.25) is 0 Å². The zero-order valence-electron chi connectivity index (χ0n) is 17.4. The molecule has 4 aromatic carbocycles. The standard InChI is InChI=1S/C27H20BrNO3/c1-32-27(31)20-11-7-13-22-25(20)26-23(29(22)16-18-10-5-6-12-21(18)28)14-19(15-24(26)30)17-8-3-2-4-9-17/h2-15,30H,16H2,1H3. The lowest BCUT2D eigenvalue weighted by atomic mass is 10.0. The van der Waals surface area contributed by atoms with Crippen molar-refractivity contribution in [3.05, 3.63) is 101 Å². The molecule has 32 heavy (non-hydrogen) atoms. The summed E-state index contributed by atoms with van der Waals surface area (Å²) in [7, 11) is 1.37. The van der Waals surface area contributed by atoms with Crippen molar-refractivity contribution in [2.24, 2.45) is 0 Å². The van der Waals surface area contributed by atoms with Crippen LogP contribution in [0.15, 0.2) is 89.4 Å². The molecule has 0 aliphatic carbocycles. The Labute approximate surface area is 193 Å². The van der Waals surface area contributed by atoms with Crippen molar-refractivity contribution < 1.29 is 14.6 Å². The summed E-state index contributed by atoms with van der Waals surface area (Å²) in [5.74, 6) is -0.296. The first-order valence-corrected chi connectivity index (χ1v) is 11.0. The molecular weight excluding hydrogens is 466 g/mol. The third-order valence-corrected chi connectivity index (χ3v) is 6.54. The number of methoxy groups -OCH3 is 1. The molecule has 0 spiro atoms. The molecule has 4 nitrogen and oxygen atoms in total. The van der Waals surface area contributed by atoms with Crippen LogP contribution in [0.2, 0.25) is 0 Å². The van der Waals surface area contributed by atoms with E-state index in [4.69, 9.17) is 4.74 Å². The molecule has 0 radical (unpaired) electrons. The summed E-state index contributed by atoms with van der Waals surface area (Å²) in [6, 6.07) is 27.4. The number of hydrogen-bond acceptors (Lipinski definition) is 3. The Morgan fingerprint density at radius 2 is 1.62 bits per heavy atom. The van der Waals surface area contributed by atoms with Crippen LogP contribution in [-0.2, 0) is 11.3 Å². The summed E-state index contributed by atoms with van der Waals surface area (Å²) in [5, 5.41) is 12.5. The number of rotatable bonds is 4. The van der Waals surface area contributed by atoms with Crippen molar-refractivity contribution in [2.45, 2.75) is 6.54 Å². The number of halogens is 1. The van der Waals surface area contributed by atoms with Gasteiger partial charge in [-0.1, -0.05) is 70.5 Å². The zero-order chi connectivity index (χ0) is 22.2. The summed E-state index contributed by atoms with van der Waals surface area (Å²) in [6.07, 6.45) is 0. The number of aromatic nitrogens is 1. The van der Waals surface area contributed by atoms with Crippen LogP contribution in [0.4, 0.5) is 0 Å². The van der Waals surface area contributed by atoms with Crippen molar-refractivity contribution in [1.82, 2.24) is 4.57 Å². The average Bonchev–Trinajstić information content (AvgIpc) is 3.14. The lowest BCUT2D eigenvalue weighted by Gasteiger charge is -2.11. The van der Waals surface area contributed by atoms with E-state index in [0.29, 0.717) is 22.9 Å². The first-order valence-electron chi connectivity index (χ1n) is 10.2. The predicted molar refractivity (Wildman–Crippen MR) is 131 cm³/mol. The highest BCUT2D eigenvalue weighted by atomic mass is 79.9. The van der Waals surface area contributed by atoms with Gasteiger partial charge in [-0.15, -0.1) is 0 Å². The Morgan fingerprint density at radius 1 is 0.875 bits per heavy atom. The van der Waals surface area contributed by atoms with E-state index >= 15 is 0 Å². The highest BCUT2D eigenvalue weighted by Gasteiger charge is 2.21. The zero-order valence-corrected chi connectivity index (χ0v) is 19.0. The van der Waals surface area contributed by atoms with Crippen molar-refractivity contribution in [3.8, 4) is 16.9 Å². The second-order valence-electron chi connectivity index (χ2n) is 7.62.